The molecule has 4 heteroatoms. The van der Waals surface area contributed by atoms with Gasteiger partial charge in [0.1, 0.15) is 18.1 Å². The molecule has 28 heavy (non-hydrogen) atoms. The van der Waals surface area contributed by atoms with Crippen LogP contribution in [0.2, 0.25) is 0 Å². The predicted molar refractivity (Wildman–Crippen MR) is 113 cm³/mol. The van der Waals surface area contributed by atoms with Crippen molar-refractivity contribution in [3.63, 3.8) is 0 Å². The van der Waals surface area contributed by atoms with Gasteiger partial charge in [0.05, 0.1) is 6.54 Å². The minimum absolute atomic E-state index is 0.122. The van der Waals surface area contributed by atoms with Gasteiger partial charge in [-0.2, -0.15) is 0 Å². The van der Waals surface area contributed by atoms with E-state index in [1.807, 2.05) is 61.5 Å². The Morgan fingerprint density at radius 1 is 0.964 bits per heavy atom. The number of carbonyl (C=O) groups is 1. The third kappa shape index (κ3) is 5.03. The highest BCUT2D eigenvalue weighted by Crippen LogP contribution is 2.24. The van der Waals surface area contributed by atoms with Crippen molar-refractivity contribution in [2.45, 2.75) is 32.8 Å². The Morgan fingerprint density at radius 2 is 1.71 bits per heavy atom. The molecule has 0 aliphatic carbocycles. The lowest BCUT2D eigenvalue weighted by molar-refractivity contribution is -0.128. The van der Waals surface area contributed by atoms with Crippen LogP contribution in [0.4, 0.5) is 0 Å². The van der Waals surface area contributed by atoms with Crippen molar-refractivity contribution in [2.75, 3.05) is 13.2 Å². The van der Waals surface area contributed by atoms with E-state index in [9.17, 15) is 4.79 Å². The smallest absolute Gasteiger partial charge is 0.261 e. The largest absolute Gasteiger partial charge is 0.491 e. The average Bonchev–Trinajstić information content (AvgIpc) is 2.75. The number of ether oxygens (including phenoxy) is 2. The van der Waals surface area contributed by atoms with E-state index in [0.29, 0.717) is 25.3 Å². The minimum Gasteiger partial charge on any atom is -0.491 e. The molecule has 1 amide bonds. The van der Waals surface area contributed by atoms with E-state index in [1.165, 1.54) is 5.56 Å². The van der Waals surface area contributed by atoms with Crippen molar-refractivity contribution >= 4 is 16.7 Å². The molecular weight excluding hydrogens is 350 g/mol. The van der Waals surface area contributed by atoms with Crippen LogP contribution in [0.15, 0.2) is 66.7 Å². The number of rotatable bonds is 9. The van der Waals surface area contributed by atoms with E-state index in [4.69, 9.17) is 9.47 Å². The number of hydrogen-bond donors (Lipinski definition) is 1. The van der Waals surface area contributed by atoms with Crippen LogP contribution in [0.5, 0.6) is 11.5 Å². The van der Waals surface area contributed by atoms with Crippen molar-refractivity contribution in [2.24, 2.45) is 0 Å². The second-order valence-electron chi connectivity index (χ2n) is 6.63. The molecule has 146 valence electrons. The topological polar surface area (TPSA) is 47.6 Å². The summed E-state index contributed by atoms with van der Waals surface area (Å²) in [6.07, 6.45) is 1.07. The van der Waals surface area contributed by atoms with Crippen molar-refractivity contribution in [3.05, 3.63) is 72.3 Å². The summed E-state index contributed by atoms with van der Waals surface area (Å²) in [5.74, 6) is 1.42. The second kappa shape index (κ2) is 9.79. The molecule has 3 rings (SSSR count). The first-order valence-corrected chi connectivity index (χ1v) is 9.85. The van der Waals surface area contributed by atoms with Gasteiger partial charge in [-0.1, -0.05) is 62.4 Å². The third-order valence-corrected chi connectivity index (χ3v) is 4.68. The summed E-state index contributed by atoms with van der Waals surface area (Å²) in [5, 5.41) is 5.11. The first-order valence-electron chi connectivity index (χ1n) is 9.85. The van der Waals surface area contributed by atoms with Crippen LogP contribution in [0.25, 0.3) is 10.8 Å². The summed E-state index contributed by atoms with van der Waals surface area (Å²) in [6, 6.07) is 21.9. The van der Waals surface area contributed by atoms with E-state index < -0.39 is 6.10 Å². The van der Waals surface area contributed by atoms with Gasteiger partial charge >= 0.3 is 0 Å². The molecule has 4 nitrogen and oxygen atoms in total. The Balaban J connectivity index is 1.49. The fourth-order valence-electron chi connectivity index (χ4n) is 3.06. The van der Waals surface area contributed by atoms with E-state index in [0.717, 1.165) is 22.9 Å². The molecule has 0 fully saturated rings. The monoisotopic (exact) mass is 377 g/mol. The maximum atomic E-state index is 12.4. The first-order chi connectivity index (χ1) is 13.7. The highest BCUT2D eigenvalue weighted by Gasteiger charge is 2.17. The number of fused-ring (bicyclic) bond motifs is 1. The van der Waals surface area contributed by atoms with Crippen LogP contribution < -0.4 is 14.8 Å². The summed E-state index contributed by atoms with van der Waals surface area (Å²) < 4.78 is 11.7. The standard InChI is InChI=1S/C24H27NO3/c1-3-18-12-14-20(15-13-18)28-22(4-2)24(26)25-16-17-27-23-11-7-9-19-8-5-6-10-21(19)23/h5-15,22H,3-4,16-17H2,1-2H3,(H,25,26)/t22-/m0/s1. The second-order valence-corrected chi connectivity index (χ2v) is 6.63. The van der Waals surface area contributed by atoms with Crippen molar-refractivity contribution in [3.8, 4) is 11.5 Å². The third-order valence-electron chi connectivity index (χ3n) is 4.68. The molecule has 0 aliphatic heterocycles. The molecule has 3 aromatic rings. The molecule has 1 N–H and O–H groups in total. The van der Waals surface area contributed by atoms with Gasteiger partial charge in [-0.15, -0.1) is 0 Å². The maximum absolute atomic E-state index is 12.4. The molecule has 0 radical (unpaired) electrons. The van der Waals surface area contributed by atoms with Gasteiger partial charge in [0.15, 0.2) is 6.10 Å². The Hall–Kier alpha value is -3.01. The summed E-state index contributed by atoms with van der Waals surface area (Å²) >= 11 is 0. The van der Waals surface area contributed by atoms with Crippen LogP contribution in [0.1, 0.15) is 25.8 Å². The molecule has 0 unspecified atom stereocenters. The van der Waals surface area contributed by atoms with E-state index in [-0.39, 0.29) is 5.91 Å². The van der Waals surface area contributed by atoms with Gasteiger partial charge in [-0.25, -0.2) is 0 Å². The minimum atomic E-state index is -0.509. The molecule has 0 bridgehead atoms. The zero-order valence-electron chi connectivity index (χ0n) is 16.5. The van der Waals surface area contributed by atoms with Crippen LogP contribution >= 0.6 is 0 Å². The molecule has 0 aliphatic rings. The molecule has 0 saturated carbocycles. The highest BCUT2D eigenvalue weighted by atomic mass is 16.5. The predicted octanol–water partition coefficient (Wildman–Crippen LogP) is 4.75. The fourth-order valence-corrected chi connectivity index (χ4v) is 3.06. The average molecular weight is 377 g/mol. The van der Waals surface area contributed by atoms with E-state index >= 15 is 0 Å². The quantitative estimate of drug-likeness (QED) is 0.547. The zero-order valence-corrected chi connectivity index (χ0v) is 16.5. The zero-order chi connectivity index (χ0) is 19.8. The van der Waals surface area contributed by atoms with Gasteiger partial charge < -0.3 is 14.8 Å². The number of amides is 1. The van der Waals surface area contributed by atoms with Gasteiger partial charge in [0, 0.05) is 5.39 Å². The Morgan fingerprint density at radius 3 is 2.46 bits per heavy atom. The SMILES string of the molecule is CCc1ccc(O[C@@H](CC)C(=O)NCCOc2cccc3ccccc23)cc1. The van der Waals surface area contributed by atoms with Crippen LogP contribution in [0, 0.1) is 0 Å². The molecule has 0 heterocycles. The van der Waals surface area contributed by atoms with Crippen LogP contribution in [-0.4, -0.2) is 25.2 Å². The lowest BCUT2D eigenvalue weighted by atomic mass is 10.1. The number of nitrogens with one attached hydrogen (secondary N) is 1. The molecule has 3 aromatic carbocycles. The van der Waals surface area contributed by atoms with Gasteiger partial charge in [0.2, 0.25) is 0 Å². The summed E-state index contributed by atoms with van der Waals surface area (Å²) in [6.45, 7) is 4.88. The Labute approximate surface area is 166 Å². The van der Waals surface area contributed by atoms with Gasteiger partial charge in [0.25, 0.3) is 5.91 Å². The normalized spacial score (nSPS) is 11.8. The molecule has 1 atom stereocenters. The first kappa shape index (κ1) is 19.7. The number of carbonyl (C=O) groups excluding carboxylic acids is 1. The fraction of sp³-hybridized carbons (Fsp3) is 0.292. The summed E-state index contributed by atoms with van der Waals surface area (Å²) in [4.78, 5) is 12.4. The number of aryl methyl sites for hydroxylation is 1. The van der Waals surface area contributed by atoms with Crippen LogP contribution in [0.3, 0.4) is 0 Å². The molecule has 0 spiro atoms. The molecule has 0 saturated heterocycles. The molecule has 0 aromatic heterocycles. The highest BCUT2D eigenvalue weighted by molar-refractivity contribution is 5.88. The Kier molecular flexibility index (Phi) is 6.90. The Bertz CT molecular complexity index is 900. The van der Waals surface area contributed by atoms with Crippen molar-refractivity contribution in [1.82, 2.24) is 5.32 Å². The molecular formula is C24H27NO3. The maximum Gasteiger partial charge on any atom is 0.261 e. The van der Waals surface area contributed by atoms with Gasteiger partial charge in [-0.3, -0.25) is 4.79 Å². The van der Waals surface area contributed by atoms with Gasteiger partial charge in [-0.05, 0) is 42.0 Å². The summed E-state index contributed by atoms with van der Waals surface area (Å²) in [7, 11) is 0. The lowest BCUT2D eigenvalue weighted by Crippen LogP contribution is -2.39. The number of hydrogen-bond acceptors (Lipinski definition) is 3. The van der Waals surface area contributed by atoms with E-state index in [1.54, 1.807) is 0 Å². The van der Waals surface area contributed by atoms with Crippen molar-refractivity contribution in [1.29, 1.82) is 0 Å². The van der Waals surface area contributed by atoms with Crippen LogP contribution in [-0.2, 0) is 11.2 Å². The summed E-state index contributed by atoms with van der Waals surface area (Å²) in [5.41, 5.74) is 1.25. The van der Waals surface area contributed by atoms with E-state index in [2.05, 4.69) is 24.4 Å². The number of benzene rings is 3. The van der Waals surface area contributed by atoms with Crippen molar-refractivity contribution < 1.29 is 14.3 Å². The lowest BCUT2D eigenvalue weighted by Gasteiger charge is -2.18.